The number of aryl methyl sites for hydroxylation is 1. The number of para-hydroxylation sites is 1. The topological polar surface area (TPSA) is 67.6 Å². The lowest BCUT2D eigenvalue weighted by Crippen LogP contribution is -2.36. The molecule has 0 aliphatic heterocycles. The third-order valence-corrected chi connectivity index (χ3v) is 4.82. The van der Waals surface area contributed by atoms with E-state index in [1.807, 2.05) is 66.4 Å². The smallest absolute Gasteiger partial charge is 0.322 e. The summed E-state index contributed by atoms with van der Waals surface area (Å²) in [6.07, 6.45) is 2.02. The first-order valence-corrected chi connectivity index (χ1v) is 9.37. The minimum atomic E-state index is -0.117. The van der Waals surface area contributed by atoms with Gasteiger partial charge in [0.25, 0.3) is 0 Å². The number of urea groups is 1. The molecule has 1 N–H and O–H groups in total. The maximum Gasteiger partial charge on any atom is 0.322 e. The Labute approximate surface area is 164 Å². The Balaban J connectivity index is 1.49. The van der Waals surface area contributed by atoms with Crippen LogP contribution < -0.4 is 10.1 Å². The van der Waals surface area contributed by atoms with Gasteiger partial charge < -0.3 is 19.5 Å². The van der Waals surface area contributed by atoms with Gasteiger partial charge in [0.05, 0.1) is 19.2 Å². The van der Waals surface area contributed by atoms with Gasteiger partial charge in [-0.25, -0.2) is 4.79 Å². The third kappa shape index (κ3) is 4.01. The SMILES string of the molecule is COc1ccccc1-c1cc(CN(C(=O)Nc2ccc(C)cc2)C2CC2)no1. The molecule has 0 atom stereocenters. The summed E-state index contributed by atoms with van der Waals surface area (Å²) in [6.45, 7) is 2.42. The zero-order chi connectivity index (χ0) is 19.5. The molecule has 1 fully saturated rings. The Morgan fingerprint density at radius 1 is 1.21 bits per heavy atom. The number of ether oxygens (including phenoxy) is 1. The van der Waals surface area contributed by atoms with Crippen LogP contribution in [0.25, 0.3) is 11.3 Å². The number of benzene rings is 2. The molecule has 4 rings (SSSR count). The Morgan fingerprint density at radius 2 is 1.96 bits per heavy atom. The van der Waals surface area contributed by atoms with Crippen LogP contribution in [0.4, 0.5) is 10.5 Å². The van der Waals surface area contributed by atoms with Crippen LogP contribution in [0, 0.1) is 6.92 Å². The zero-order valence-corrected chi connectivity index (χ0v) is 16.0. The van der Waals surface area contributed by atoms with Crippen molar-refractivity contribution in [3.05, 3.63) is 65.9 Å². The van der Waals surface area contributed by atoms with Crippen molar-refractivity contribution in [3.63, 3.8) is 0 Å². The normalized spacial score (nSPS) is 13.2. The van der Waals surface area contributed by atoms with Gasteiger partial charge in [-0.1, -0.05) is 35.0 Å². The maximum atomic E-state index is 12.8. The van der Waals surface area contributed by atoms with E-state index in [1.54, 1.807) is 7.11 Å². The van der Waals surface area contributed by atoms with E-state index >= 15 is 0 Å². The molecular formula is C22H23N3O3. The number of nitrogens with one attached hydrogen (secondary N) is 1. The summed E-state index contributed by atoms with van der Waals surface area (Å²) in [7, 11) is 1.63. The fourth-order valence-corrected chi connectivity index (χ4v) is 3.12. The number of carbonyl (C=O) groups excluding carboxylic acids is 1. The fraction of sp³-hybridized carbons (Fsp3) is 0.273. The predicted molar refractivity (Wildman–Crippen MR) is 107 cm³/mol. The van der Waals surface area contributed by atoms with Crippen LogP contribution in [0.5, 0.6) is 5.75 Å². The van der Waals surface area contributed by atoms with Gasteiger partial charge in [0.1, 0.15) is 11.4 Å². The monoisotopic (exact) mass is 377 g/mol. The molecule has 1 aliphatic rings. The molecule has 0 spiro atoms. The van der Waals surface area contributed by atoms with Crippen molar-refractivity contribution >= 4 is 11.7 Å². The second-order valence-corrected chi connectivity index (χ2v) is 7.04. The minimum absolute atomic E-state index is 0.117. The quantitative estimate of drug-likeness (QED) is 0.666. The van der Waals surface area contributed by atoms with Gasteiger partial charge in [0, 0.05) is 17.8 Å². The highest BCUT2D eigenvalue weighted by Gasteiger charge is 2.33. The average Bonchev–Trinajstić information content (AvgIpc) is 3.45. The second-order valence-electron chi connectivity index (χ2n) is 7.04. The summed E-state index contributed by atoms with van der Waals surface area (Å²) in [4.78, 5) is 14.6. The van der Waals surface area contributed by atoms with Crippen molar-refractivity contribution in [1.29, 1.82) is 0 Å². The van der Waals surface area contributed by atoms with Crippen LogP contribution in [0.1, 0.15) is 24.1 Å². The fourth-order valence-electron chi connectivity index (χ4n) is 3.12. The van der Waals surface area contributed by atoms with Crippen molar-refractivity contribution in [3.8, 4) is 17.1 Å². The van der Waals surface area contributed by atoms with E-state index in [9.17, 15) is 4.79 Å². The lowest BCUT2D eigenvalue weighted by Gasteiger charge is -2.21. The van der Waals surface area contributed by atoms with Gasteiger partial charge >= 0.3 is 6.03 Å². The highest BCUT2D eigenvalue weighted by Crippen LogP contribution is 2.32. The summed E-state index contributed by atoms with van der Waals surface area (Å²) in [5, 5.41) is 7.14. The first kappa shape index (κ1) is 18.1. The molecule has 28 heavy (non-hydrogen) atoms. The second kappa shape index (κ2) is 7.76. The summed E-state index contributed by atoms with van der Waals surface area (Å²) in [6, 6.07) is 17.4. The summed E-state index contributed by atoms with van der Waals surface area (Å²) >= 11 is 0. The van der Waals surface area contributed by atoms with Gasteiger partial charge in [-0.15, -0.1) is 0 Å². The Kier molecular flexibility index (Phi) is 5.02. The number of hydrogen-bond donors (Lipinski definition) is 1. The standard InChI is InChI=1S/C22H23N3O3/c1-15-7-9-16(10-8-15)23-22(26)25(18-11-12-18)14-17-13-21(28-24-17)19-5-3-4-6-20(19)27-2/h3-10,13,18H,11-12,14H2,1-2H3,(H,23,26). The van der Waals surface area contributed by atoms with E-state index in [1.165, 1.54) is 0 Å². The number of rotatable bonds is 6. The molecule has 0 saturated heterocycles. The van der Waals surface area contributed by atoms with Gasteiger partial charge in [0.2, 0.25) is 0 Å². The number of nitrogens with zero attached hydrogens (tertiary/aromatic N) is 2. The van der Waals surface area contributed by atoms with Crippen molar-refractivity contribution in [1.82, 2.24) is 10.1 Å². The molecule has 6 nitrogen and oxygen atoms in total. The molecule has 6 heteroatoms. The van der Waals surface area contributed by atoms with Crippen LogP contribution >= 0.6 is 0 Å². The van der Waals surface area contributed by atoms with E-state index in [0.29, 0.717) is 18.0 Å². The summed E-state index contributed by atoms with van der Waals surface area (Å²) in [5.74, 6) is 1.35. The lowest BCUT2D eigenvalue weighted by atomic mass is 10.1. The molecule has 3 aromatic rings. The third-order valence-electron chi connectivity index (χ3n) is 4.82. The van der Waals surface area contributed by atoms with Crippen molar-refractivity contribution in [2.45, 2.75) is 32.4 Å². The summed E-state index contributed by atoms with van der Waals surface area (Å²) < 4.78 is 10.9. The number of carbonyl (C=O) groups is 1. The van der Waals surface area contributed by atoms with Gasteiger partial charge in [-0.05, 0) is 44.0 Å². The van der Waals surface area contributed by atoms with E-state index in [4.69, 9.17) is 9.26 Å². The van der Waals surface area contributed by atoms with Crippen molar-refractivity contribution in [2.75, 3.05) is 12.4 Å². The zero-order valence-electron chi connectivity index (χ0n) is 16.0. The molecule has 1 aliphatic carbocycles. The van der Waals surface area contributed by atoms with Gasteiger partial charge in [-0.2, -0.15) is 0 Å². The number of amides is 2. The van der Waals surface area contributed by atoms with Crippen molar-refractivity contribution in [2.24, 2.45) is 0 Å². The molecule has 1 aromatic heterocycles. The predicted octanol–water partition coefficient (Wildman–Crippen LogP) is 4.86. The van der Waals surface area contributed by atoms with Crippen LogP contribution in [-0.4, -0.2) is 29.2 Å². The number of anilines is 1. The number of methoxy groups -OCH3 is 1. The van der Waals surface area contributed by atoms with E-state index < -0.39 is 0 Å². The summed E-state index contributed by atoms with van der Waals surface area (Å²) in [5.41, 5.74) is 3.50. The molecular weight excluding hydrogens is 354 g/mol. The molecule has 0 radical (unpaired) electrons. The first-order valence-electron chi connectivity index (χ1n) is 9.37. The van der Waals surface area contributed by atoms with E-state index in [0.717, 1.165) is 35.4 Å². The molecule has 0 bridgehead atoms. The van der Waals surface area contributed by atoms with Crippen molar-refractivity contribution < 1.29 is 14.1 Å². The largest absolute Gasteiger partial charge is 0.496 e. The van der Waals surface area contributed by atoms with Gasteiger partial charge in [-0.3, -0.25) is 0 Å². The lowest BCUT2D eigenvalue weighted by molar-refractivity contribution is 0.204. The van der Waals surface area contributed by atoms with E-state index in [-0.39, 0.29) is 12.1 Å². The van der Waals surface area contributed by atoms with Gasteiger partial charge in [0.15, 0.2) is 5.76 Å². The van der Waals surface area contributed by atoms with Crippen LogP contribution in [0.2, 0.25) is 0 Å². The highest BCUT2D eigenvalue weighted by molar-refractivity contribution is 5.89. The number of aromatic nitrogens is 1. The Hall–Kier alpha value is -3.28. The molecule has 2 aromatic carbocycles. The maximum absolute atomic E-state index is 12.8. The molecule has 1 heterocycles. The number of hydrogen-bond acceptors (Lipinski definition) is 4. The molecule has 1 saturated carbocycles. The first-order chi connectivity index (χ1) is 13.6. The van der Waals surface area contributed by atoms with Crippen LogP contribution in [0.3, 0.4) is 0 Å². The Morgan fingerprint density at radius 3 is 2.68 bits per heavy atom. The minimum Gasteiger partial charge on any atom is -0.496 e. The molecule has 144 valence electrons. The van der Waals surface area contributed by atoms with E-state index in [2.05, 4.69) is 10.5 Å². The van der Waals surface area contributed by atoms with Crippen LogP contribution in [-0.2, 0) is 6.54 Å². The molecule has 2 amide bonds. The van der Waals surface area contributed by atoms with Crippen LogP contribution in [0.15, 0.2) is 59.1 Å². The highest BCUT2D eigenvalue weighted by atomic mass is 16.5. The Bertz CT molecular complexity index is 961. The molecule has 0 unspecified atom stereocenters. The average molecular weight is 377 g/mol.